The first kappa shape index (κ1) is 39.8. The summed E-state index contributed by atoms with van der Waals surface area (Å²) in [6.07, 6.45) is 0. The molecule has 6 heteroatoms. The van der Waals surface area contributed by atoms with Crippen molar-refractivity contribution in [1.29, 1.82) is 0 Å². The number of hydrogen-bond donors (Lipinski definition) is 0. The van der Waals surface area contributed by atoms with Crippen LogP contribution in [0.25, 0.3) is 122 Å². The number of rotatable bonds is 9. The van der Waals surface area contributed by atoms with Crippen LogP contribution in [0.5, 0.6) is 0 Å². The summed E-state index contributed by atoms with van der Waals surface area (Å²) >= 11 is 1.84. The van der Waals surface area contributed by atoms with E-state index in [4.69, 9.17) is 24.9 Å². The Bertz CT molecular complexity index is 3630. The lowest BCUT2D eigenvalue weighted by Crippen LogP contribution is -2.02. The fraction of sp³-hybridized carbons (Fsp3) is 0. The molecule has 67 heavy (non-hydrogen) atoms. The summed E-state index contributed by atoms with van der Waals surface area (Å²) < 4.78 is 2.52. The van der Waals surface area contributed by atoms with Crippen LogP contribution < -0.4 is 0 Å². The molecule has 0 unspecified atom stereocenters. The van der Waals surface area contributed by atoms with Crippen molar-refractivity contribution < 1.29 is 0 Å². The van der Waals surface area contributed by atoms with Crippen molar-refractivity contribution in [1.82, 2.24) is 24.9 Å². The average Bonchev–Trinajstić information content (AvgIpc) is 3.81. The zero-order chi connectivity index (χ0) is 44.5. The third-order valence-corrected chi connectivity index (χ3v) is 13.4. The molecule has 12 aromatic rings. The van der Waals surface area contributed by atoms with E-state index in [9.17, 15) is 0 Å². The molecule has 0 fully saturated rings. The molecule has 0 aliphatic carbocycles. The molecule has 0 aliphatic rings. The third-order valence-electron chi connectivity index (χ3n) is 12.2. The molecule has 0 saturated heterocycles. The first-order valence-corrected chi connectivity index (χ1v) is 23.1. The van der Waals surface area contributed by atoms with Gasteiger partial charge in [-0.3, -0.25) is 0 Å². The Kier molecular flexibility index (Phi) is 10.3. The van der Waals surface area contributed by atoms with Gasteiger partial charge in [0.2, 0.25) is 0 Å². The van der Waals surface area contributed by atoms with Gasteiger partial charge in [-0.05, 0) is 52.1 Å². The number of hydrogen-bond acceptors (Lipinski definition) is 6. The van der Waals surface area contributed by atoms with Crippen LogP contribution in [-0.4, -0.2) is 24.9 Å². The van der Waals surface area contributed by atoms with Gasteiger partial charge in [0, 0.05) is 59.1 Å². The highest BCUT2D eigenvalue weighted by molar-refractivity contribution is 7.26. The van der Waals surface area contributed by atoms with Crippen LogP contribution in [0.15, 0.2) is 237 Å². The summed E-state index contributed by atoms with van der Waals surface area (Å²) in [5.74, 6) is 2.45. The van der Waals surface area contributed by atoms with Gasteiger partial charge in [-0.2, -0.15) is 0 Å². The normalized spacial score (nSPS) is 11.3. The summed E-state index contributed by atoms with van der Waals surface area (Å²) in [6.45, 7) is 0. The van der Waals surface area contributed by atoms with Crippen molar-refractivity contribution in [2.24, 2.45) is 0 Å². The SMILES string of the molecule is c1ccc(-c2cc(-c3ccccc3)nc(-c3ccccc3-c3ccc(-c4nc(-c5ccccc5)nc(-c5ccccc5)n4)c(-c4ccccc4-c4cccc5c4sc4ccccc45)c3)n2)cc1. The maximum absolute atomic E-state index is 5.27. The predicted octanol–water partition coefficient (Wildman–Crippen LogP) is 16.0. The molecule has 0 N–H and O–H groups in total. The molecule has 3 aromatic heterocycles. The van der Waals surface area contributed by atoms with E-state index in [2.05, 4.69) is 140 Å². The van der Waals surface area contributed by atoms with Gasteiger partial charge < -0.3 is 0 Å². The molecular weight excluding hydrogens is 835 g/mol. The first-order valence-electron chi connectivity index (χ1n) is 22.3. The maximum Gasteiger partial charge on any atom is 0.164 e. The molecule has 3 heterocycles. The van der Waals surface area contributed by atoms with E-state index in [0.717, 1.165) is 72.6 Å². The van der Waals surface area contributed by atoms with E-state index in [1.165, 1.54) is 25.7 Å². The van der Waals surface area contributed by atoms with E-state index in [1.807, 2.05) is 108 Å². The molecule has 0 aliphatic heterocycles. The average molecular weight is 874 g/mol. The molecule has 5 nitrogen and oxygen atoms in total. The molecule has 12 rings (SSSR count). The summed E-state index contributed by atoms with van der Waals surface area (Å²) in [7, 11) is 0. The number of benzene rings is 9. The van der Waals surface area contributed by atoms with Gasteiger partial charge in [0.25, 0.3) is 0 Å². The van der Waals surface area contributed by atoms with Crippen molar-refractivity contribution in [3.63, 3.8) is 0 Å². The molecular formula is C61H39N5S. The topological polar surface area (TPSA) is 64.5 Å². The highest BCUT2D eigenvalue weighted by atomic mass is 32.1. The zero-order valence-corrected chi connectivity index (χ0v) is 37.0. The summed E-state index contributed by atoms with van der Waals surface area (Å²) in [5, 5.41) is 2.52. The molecule has 0 amide bonds. The Balaban J connectivity index is 1.10. The molecule has 0 spiro atoms. The monoisotopic (exact) mass is 873 g/mol. The Labute approximate surface area is 392 Å². The fourth-order valence-corrected chi connectivity index (χ4v) is 10.2. The van der Waals surface area contributed by atoms with Gasteiger partial charge in [-0.1, -0.05) is 212 Å². The minimum atomic E-state index is 0.587. The van der Waals surface area contributed by atoms with E-state index in [1.54, 1.807) is 0 Å². The van der Waals surface area contributed by atoms with E-state index in [-0.39, 0.29) is 0 Å². The van der Waals surface area contributed by atoms with Gasteiger partial charge >= 0.3 is 0 Å². The number of fused-ring (bicyclic) bond motifs is 3. The lowest BCUT2D eigenvalue weighted by molar-refractivity contribution is 1.07. The van der Waals surface area contributed by atoms with Crippen LogP contribution in [-0.2, 0) is 0 Å². The fourth-order valence-electron chi connectivity index (χ4n) is 8.98. The van der Waals surface area contributed by atoms with E-state index in [0.29, 0.717) is 23.3 Å². The second-order valence-electron chi connectivity index (χ2n) is 16.4. The molecule has 314 valence electrons. The van der Waals surface area contributed by atoms with Crippen LogP contribution in [0.1, 0.15) is 0 Å². The van der Waals surface area contributed by atoms with Gasteiger partial charge in [-0.25, -0.2) is 24.9 Å². The summed E-state index contributed by atoms with van der Waals surface area (Å²) in [6, 6.07) is 82.2. The quantitative estimate of drug-likeness (QED) is 0.145. The first-order chi connectivity index (χ1) is 33.2. The van der Waals surface area contributed by atoms with Crippen LogP contribution in [0.2, 0.25) is 0 Å². The van der Waals surface area contributed by atoms with Crippen molar-refractivity contribution in [2.75, 3.05) is 0 Å². The van der Waals surface area contributed by atoms with Gasteiger partial charge in [-0.15, -0.1) is 11.3 Å². The largest absolute Gasteiger partial charge is 0.228 e. The molecule has 0 atom stereocenters. The van der Waals surface area contributed by atoms with Gasteiger partial charge in [0.05, 0.1) is 11.4 Å². The third kappa shape index (κ3) is 7.65. The van der Waals surface area contributed by atoms with E-state index < -0.39 is 0 Å². The highest BCUT2D eigenvalue weighted by Gasteiger charge is 2.22. The molecule has 0 bridgehead atoms. The van der Waals surface area contributed by atoms with Crippen molar-refractivity contribution in [3.05, 3.63) is 237 Å². The molecule has 9 aromatic carbocycles. The standard InChI is InChI=1S/C61H39N5S/c1-5-20-40(21-6-1)54-39-55(41-22-7-2-8-23-41)63-60(62-54)51-32-16-13-28-45(51)44-36-37-52(61-65-58(42-24-9-3-10-25-42)64-59(66-61)43-26-11-4-12-27-43)53(38-44)47-30-15-14-29-46(47)49-33-19-34-50-48-31-17-18-35-56(48)67-57(49)50/h1-39H. The Morgan fingerprint density at radius 3 is 1.28 bits per heavy atom. The van der Waals surface area contributed by atoms with Crippen LogP contribution in [0.3, 0.4) is 0 Å². The lowest BCUT2D eigenvalue weighted by Gasteiger charge is -2.18. The highest BCUT2D eigenvalue weighted by Crippen LogP contribution is 2.46. The Morgan fingerprint density at radius 2 is 0.672 bits per heavy atom. The smallest absolute Gasteiger partial charge is 0.164 e. The summed E-state index contributed by atoms with van der Waals surface area (Å²) in [4.78, 5) is 26.1. The van der Waals surface area contributed by atoms with Crippen LogP contribution >= 0.6 is 11.3 Å². The Hall–Kier alpha value is -8.71. The van der Waals surface area contributed by atoms with Crippen molar-refractivity contribution in [3.8, 4) is 101 Å². The zero-order valence-electron chi connectivity index (χ0n) is 36.2. The second-order valence-corrected chi connectivity index (χ2v) is 17.4. The van der Waals surface area contributed by atoms with Gasteiger partial charge in [0.1, 0.15) is 0 Å². The van der Waals surface area contributed by atoms with Crippen LogP contribution in [0.4, 0.5) is 0 Å². The molecule has 0 saturated carbocycles. The van der Waals surface area contributed by atoms with E-state index >= 15 is 0 Å². The number of nitrogens with zero attached hydrogens (tertiary/aromatic N) is 5. The summed E-state index contributed by atoms with van der Waals surface area (Å²) in [5.41, 5.74) is 13.8. The predicted molar refractivity (Wildman–Crippen MR) is 277 cm³/mol. The maximum atomic E-state index is 5.27. The molecule has 0 radical (unpaired) electrons. The number of aromatic nitrogens is 5. The van der Waals surface area contributed by atoms with Crippen LogP contribution in [0, 0.1) is 0 Å². The minimum Gasteiger partial charge on any atom is -0.228 e. The van der Waals surface area contributed by atoms with Crippen molar-refractivity contribution >= 4 is 31.5 Å². The van der Waals surface area contributed by atoms with Crippen molar-refractivity contribution in [2.45, 2.75) is 0 Å². The van der Waals surface area contributed by atoms with Gasteiger partial charge in [0.15, 0.2) is 23.3 Å². The minimum absolute atomic E-state index is 0.587. The second kappa shape index (κ2) is 17.3. The lowest BCUT2D eigenvalue weighted by atomic mass is 9.88. The Morgan fingerprint density at radius 1 is 0.239 bits per heavy atom. The number of thiophene rings is 1.